The smallest absolute Gasteiger partial charge is 0.306 e. The van der Waals surface area contributed by atoms with Crippen molar-refractivity contribution in [2.75, 3.05) is 13.2 Å². The van der Waals surface area contributed by atoms with Crippen LogP contribution in [0.5, 0.6) is 0 Å². The molecule has 454 valence electrons. The maximum Gasteiger partial charge on any atom is 0.306 e. The number of carbonyl (C=O) groups is 3. The Hall–Kier alpha value is -3.67. The summed E-state index contributed by atoms with van der Waals surface area (Å²) in [5.41, 5.74) is 0. The Labute approximate surface area is 489 Å². The van der Waals surface area contributed by atoms with Crippen LogP contribution in [0.2, 0.25) is 0 Å². The van der Waals surface area contributed by atoms with E-state index in [9.17, 15) is 14.4 Å². The molecule has 0 aliphatic carbocycles. The molecule has 0 aliphatic heterocycles. The van der Waals surface area contributed by atoms with Gasteiger partial charge < -0.3 is 14.2 Å². The average molecular weight is 1100 g/mol. The van der Waals surface area contributed by atoms with Crippen molar-refractivity contribution in [1.29, 1.82) is 0 Å². The van der Waals surface area contributed by atoms with Gasteiger partial charge in [0.25, 0.3) is 0 Å². The Morgan fingerprint density at radius 1 is 0.266 bits per heavy atom. The van der Waals surface area contributed by atoms with Crippen LogP contribution in [0.3, 0.4) is 0 Å². The second-order valence-corrected chi connectivity index (χ2v) is 22.4. The van der Waals surface area contributed by atoms with Crippen molar-refractivity contribution in [3.8, 4) is 0 Å². The minimum atomic E-state index is -0.794. The molecular formula is C73H126O6. The predicted molar refractivity (Wildman–Crippen MR) is 344 cm³/mol. The molecule has 0 saturated heterocycles. The van der Waals surface area contributed by atoms with E-state index < -0.39 is 6.10 Å². The lowest BCUT2D eigenvalue weighted by atomic mass is 10.0. The topological polar surface area (TPSA) is 78.9 Å². The second kappa shape index (κ2) is 66.8. The fourth-order valence-electron chi connectivity index (χ4n) is 9.58. The molecule has 6 heteroatoms. The van der Waals surface area contributed by atoms with E-state index >= 15 is 0 Å². The Kier molecular flexibility index (Phi) is 63.7. The summed E-state index contributed by atoms with van der Waals surface area (Å²) in [6, 6.07) is 0. The molecule has 0 aliphatic rings. The molecule has 0 spiro atoms. The lowest BCUT2D eigenvalue weighted by Crippen LogP contribution is -2.30. The SMILES string of the molecule is CC/C=C\C/C=C\C/C=C\C/C=C\C/C=C\C/C=C\C/C=C\C/C=C\CCCCC(=O)OCC(COC(=O)CCCCCCCCCCCCC)OC(=O)CCCCCCCCCCCCCCCCCCCCCCCCC. The highest BCUT2D eigenvalue weighted by atomic mass is 16.6. The summed E-state index contributed by atoms with van der Waals surface area (Å²) < 4.78 is 16.9. The Morgan fingerprint density at radius 2 is 0.494 bits per heavy atom. The highest BCUT2D eigenvalue weighted by Crippen LogP contribution is 2.17. The van der Waals surface area contributed by atoms with Crippen LogP contribution in [0.4, 0.5) is 0 Å². The molecule has 0 bridgehead atoms. The van der Waals surface area contributed by atoms with Crippen LogP contribution in [0, 0.1) is 0 Å². The molecule has 6 nitrogen and oxygen atoms in total. The van der Waals surface area contributed by atoms with Crippen molar-refractivity contribution >= 4 is 17.9 Å². The third-order valence-electron chi connectivity index (χ3n) is 14.6. The van der Waals surface area contributed by atoms with Crippen LogP contribution in [0.25, 0.3) is 0 Å². The first-order valence-electron chi connectivity index (χ1n) is 33.7. The van der Waals surface area contributed by atoms with Gasteiger partial charge in [-0.1, -0.05) is 323 Å². The van der Waals surface area contributed by atoms with Crippen molar-refractivity contribution < 1.29 is 28.6 Å². The lowest BCUT2D eigenvalue weighted by Gasteiger charge is -2.18. The van der Waals surface area contributed by atoms with Gasteiger partial charge in [-0.25, -0.2) is 0 Å². The summed E-state index contributed by atoms with van der Waals surface area (Å²) in [5.74, 6) is -0.919. The van der Waals surface area contributed by atoms with Crippen LogP contribution in [0.1, 0.15) is 329 Å². The summed E-state index contributed by atoms with van der Waals surface area (Å²) in [6.07, 6.45) is 90.0. The van der Waals surface area contributed by atoms with Crippen LogP contribution in [0.15, 0.2) is 97.2 Å². The third kappa shape index (κ3) is 65.0. The number of allylic oxidation sites excluding steroid dienone is 16. The van der Waals surface area contributed by atoms with E-state index in [0.717, 1.165) is 109 Å². The van der Waals surface area contributed by atoms with E-state index in [2.05, 4.69) is 118 Å². The van der Waals surface area contributed by atoms with E-state index in [4.69, 9.17) is 14.2 Å². The first-order valence-corrected chi connectivity index (χ1v) is 33.7. The molecule has 1 unspecified atom stereocenters. The summed E-state index contributed by atoms with van der Waals surface area (Å²) >= 11 is 0. The van der Waals surface area contributed by atoms with Gasteiger partial charge in [-0.3, -0.25) is 14.4 Å². The van der Waals surface area contributed by atoms with Gasteiger partial charge in [0.1, 0.15) is 13.2 Å². The summed E-state index contributed by atoms with van der Waals surface area (Å²) in [6.45, 7) is 6.52. The molecule has 0 fully saturated rings. The standard InChI is InChI=1S/C73H126O6/c1-4-7-10-13-16-19-22-24-26-28-30-32-34-35-36-37-39-40-42-44-46-48-51-54-57-60-63-66-72(75)78-69-70(68-77-71(74)65-62-59-56-53-50-21-18-15-12-9-6-3)79-73(76)67-64-61-58-55-52-49-47-45-43-41-38-33-31-29-27-25-23-20-17-14-11-8-5-2/h7,10,16,19,24,26,30,32,35-36,39-40,44,46,51,54,70H,4-6,8-9,11-15,17-18,20-23,25,27-29,31,33-34,37-38,41-43,45,47-50,52-53,55-69H2,1-3H3/b10-7-,19-16-,26-24-,32-30-,36-35-,40-39-,46-44-,54-51-. The Balaban J connectivity index is 4.33. The predicted octanol–water partition coefficient (Wildman–Crippen LogP) is 23.2. The molecule has 0 aromatic carbocycles. The molecule has 0 N–H and O–H groups in total. The van der Waals surface area contributed by atoms with Crippen molar-refractivity contribution in [3.05, 3.63) is 97.2 Å². The second-order valence-electron chi connectivity index (χ2n) is 22.4. The molecule has 0 rings (SSSR count). The van der Waals surface area contributed by atoms with Crippen LogP contribution in [-0.2, 0) is 28.6 Å². The van der Waals surface area contributed by atoms with Gasteiger partial charge in [0, 0.05) is 19.3 Å². The van der Waals surface area contributed by atoms with Gasteiger partial charge in [-0.05, 0) is 83.5 Å². The van der Waals surface area contributed by atoms with Gasteiger partial charge in [0.05, 0.1) is 0 Å². The molecule has 79 heavy (non-hydrogen) atoms. The molecule has 0 aromatic rings. The maximum absolute atomic E-state index is 12.9. The first-order chi connectivity index (χ1) is 39.0. The van der Waals surface area contributed by atoms with Gasteiger partial charge in [0.2, 0.25) is 0 Å². The quantitative estimate of drug-likeness (QED) is 0.0261. The van der Waals surface area contributed by atoms with Gasteiger partial charge >= 0.3 is 17.9 Å². The zero-order valence-electron chi connectivity index (χ0n) is 52.1. The van der Waals surface area contributed by atoms with Crippen molar-refractivity contribution in [2.24, 2.45) is 0 Å². The number of ether oxygens (including phenoxy) is 3. The summed E-state index contributed by atoms with van der Waals surface area (Å²) in [7, 11) is 0. The van der Waals surface area contributed by atoms with Crippen LogP contribution >= 0.6 is 0 Å². The first kappa shape index (κ1) is 75.3. The molecule has 0 saturated carbocycles. The number of hydrogen-bond acceptors (Lipinski definition) is 6. The third-order valence-corrected chi connectivity index (χ3v) is 14.6. The zero-order valence-corrected chi connectivity index (χ0v) is 52.1. The number of rotatable bonds is 61. The van der Waals surface area contributed by atoms with E-state index in [1.165, 1.54) is 180 Å². The van der Waals surface area contributed by atoms with Crippen molar-refractivity contribution in [2.45, 2.75) is 335 Å². The minimum absolute atomic E-state index is 0.0874. The lowest BCUT2D eigenvalue weighted by molar-refractivity contribution is -0.167. The van der Waals surface area contributed by atoms with Gasteiger partial charge in [0.15, 0.2) is 6.10 Å². The van der Waals surface area contributed by atoms with Gasteiger partial charge in [-0.2, -0.15) is 0 Å². The van der Waals surface area contributed by atoms with E-state index in [-0.39, 0.29) is 31.1 Å². The Morgan fingerprint density at radius 3 is 0.772 bits per heavy atom. The monoisotopic (exact) mass is 1100 g/mol. The molecule has 1 atom stereocenters. The van der Waals surface area contributed by atoms with Crippen LogP contribution in [-0.4, -0.2) is 37.2 Å². The molecular weight excluding hydrogens is 973 g/mol. The molecule has 0 heterocycles. The maximum atomic E-state index is 12.9. The number of unbranched alkanes of at least 4 members (excludes halogenated alkanes) is 34. The fraction of sp³-hybridized carbons (Fsp3) is 0.740. The summed E-state index contributed by atoms with van der Waals surface area (Å²) in [5, 5.41) is 0. The largest absolute Gasteiger partial charge is 0.462 e. The summed E-state index contributed by atoms with van der Waals surface area (Å²) in [4.78, 5) is 38.3. The van der Waals surface area contributed by atoms with E-state index in [0.29, 0.717) is 19.3 Å². The highest BCUT2D eigenvalue weighted by molar-refractivity contribution is 5.71. The zero-order chi connectivity index (χ0) is 57.1. The number of hydrogen-bond donors (Lipinski definition) is 0. The van der Waals surface area contributed by atoms with E-state index in [1.54, 1.807) is 0 Å². The normalized spacial score (nSPS) is 12.7. The van der Waals surface area contributed by atoms with E-state index in [1.807, 2.05) is 0 Å². The fourth-order valence-corrected chi connectivity index (χ4v) is 9.58. The number of esters is 3. The van der Waals surface area contributed by atoms with Crippen molar-refractivity contribution in [3.63, 3.8) is 0 Å². The van der Waals surface area contributed by atoms with Crippen LogP contribution < -0.4 is 0 Å². The molecule has 0 amide bonds. The highest BCUT2D eigenvalue weighted by Gasteiger charge is 2.19. The molecule has 0 aromatic heterocycles. The number of carbonyl (C=O) groups excluding carboxylic acids is 3. The van der Waals surface area contributed by atoms with Gasteiger partial charge in [-0.15, -0.1) is 0 Å². The average Bonchev–Trinajstić information content (AvgIpc) is 3.45. The molecule has 0 radical (unpaired) electrons. The minimum Gasteiger partial charge on any atom is -0.462 e. The van der Waals surface area contributed by atoms with Crippen molar-refractivity contribution in [1.82, 2.24) is 0 Å². The Bertz CT molecular complexity index is 1540.